The highest BCUT2D eigenvalue weighted by molar-refractivity contribution is 5.99. The molecular weight excluding hydrogens is 256 g/mol. The van der Waals surface area contributed by atoms with Gasteiger partial charge < -0.3 is 15.0 Å². The molecule has 0 aromatic rings. The Kier molecular flexibility index (Phi) is 3.84. The molecule has 2 rings (SSSR count). The van der Waals surface area contributed by atoms with Crippen LogP contribution in [0.25, 0.3) is 0 Å². The predicted molar refractivity (Wildman–Crippen MR) is 76.2 cm³/mol. The second kappa shape index (κ2) is 5.02. The molecule has 0 bridgehead atoms. The van der Waals surface area contributed by atoms with E-state index in [0.29, 0.717) is 18.9 Å². The van der Waals surface area contributed by atoms with Crippen LogP contribution in [0.1, 0.15) is 47.0 Å². The zero-order chi connectivity index (χ0) is 15.1. The van der Waals surface area contributed by atoms with Crippen LogP contribution < -0.4 is 5.32 Å². The van der Waals surface area contributed by atoms with E-state index in [2.05, 4.69) is 5.32 Å². The SMILES string of the molecule is COC(C)(C)CCN1C(=O)C(C2CC2)NC(=O)C1(C)C. The Morgan fingerprint density at radius 1 is 1.35 bits per heavy atom. The van der Waals surface area contributed by atoms with Gasteiger partial charge in [-0.2, -0.15) is 0 Å². The number of hydrogen-bond acceptors (Lipinski definition) is 3. The smallest absolute Gasteiger partial charge is 0.246 e. The van der Waals surface area contributed by atoms with Crippen LogP contribution in [-0.4, -0.2) is 47.6 Å². The number of piperazine rings is 1. The number of rotatable bonds is 5. The molecule has 5 nitrogen and oxygen atoms in total. The first-order chi connectivity index (χ1) is 9.19. The van der Waals surface area contributed by atoms with E-state index in [0.717, 1.165) is 12.8 Å². The maximum atomic E-state index is 12.6. The average molecular weight is 282 g/mol. The Morgan fingerprint density at radius 2 is 1.95 bits per heavy atom. The molecule has 1 heterocycles. The monoisotopic (exact) mass is 282 g/mol. The van der Waals surface area contributed by atoms with Crippen molar-refractivity contribution in [1.29, 1.82) is 0 Å². The maximum Gasteiger partial charge on any atom is 0.246 e. The third-order valence-corrected chi connectivity index (χ3v) is 4.63. The van der Waals surface area contributed by atoms with Crippen LogP contribution in [0.2, 0.25) is 0 Å². The first kappa shape index (κ1) is 15.3. The Hall–Kier alpha value is -1.10. The largest absolute Gasteiger partial charge is 0.379 e. The molecule has 1 aliphatic carbocycles. The van der Waals surface area contributed by atoms with Crippen molar-refractivity contribution in [3.63, 3.8) is 0 Å². The summed E-state index contributed by atoms with van der Waals surface area (Å²) in [6, 6.07) is -0.318. The Morgan fingerprint density at radius 3 is 2.45 bits per heavy atom. The van der Waals surface area contributed by atoms with Crippen molar-refractivity contribution in [2.45, 2.75) is 64.1 Å². The molecule has 20 heavy (non-hydrogen) atoms. The van der Waals surface area contributed by atoms with Crippen LogP contribution in [0.3, 0.4) is 0 Å². The first-order valence-corrected chi connectivity index (χ1v) is 7.36. The van der Waals surface area contributed by atoms with E-state index in [9.17, 15) is 9.59 Å². The van der Waals surface area contributed by atoms with Gasteiger partial charge in [0, 0.05) is 13.7 Å². The third-order valence-electron chi connectivity index (χ3n) is 4.63. The fourth-order valence-corrected chi connectivity index (χ4v) is 2.57. The molecule has 0 spiro atoms. The topological polar surface area (TPSA) is 58.6 Å². The number of carbonyl (C=O) groups excluding carboxylic acids is 2. The molecule has 1 saturated heterocycles. The summed E-state index contributed by atoms with van der Waals surface area (Å²) in [4.78, 5) is 26.6. The molecule has 1 saturated carbocycles. The lowest BCUT2D eigenvalue weighted by Gasteiger charge is -2.45. The van der Waals surface area contributed by atoms with Crippen LogP contribution in [-0.2, 0) is 14.3 Å². The maximum absolute atomic E-state index is 12.6. The standard InChI is InChI=1S/C15H26N2O3/c1-14(2,20-5)8-9-17-12(18)11(10-6-7-10)16-13(19)15(17,3)4/h10-11H,6-9H2,1-5H3,(H,16,19). The number of nitrogens with one attached hydrogen (secondary N) is 1. The minimum atomic E-state index is -0.785. The predicted octanol–water partition coefficient (Wildman–Crippen LogP) is 1.32. The quantitative estimate of drug-likeness (QED) is 0.827. The molecule has 0 aromatic carbocycles. The second-order valence-electron chi connectivity index (χ2n) is 7.05. The second-order valence-corrected chi connectivity index (χ2v) is 7.05. The van der Waals surface area contributed by atoms with Gasteiger partial charge in [-0.15, -0.1) is 0 Å². The summed E-state index contributed by atoms with van der Waals surface area (Å²) in [7, 11) is 1.67. The number of nitrogens with zero attached hydrogens (tertiary/aromatic N) is 1. The lowest BCUT2D eigenvalue weighted by Crippen LogP contribution is -2.69. The van der Waals surface area contributed by atoms with Crippen molar-refractivity contribution in [3.05, 3.63) is 0 Å². The van der Waals surface area contributed by atoms with E-state index >= 15 is 0 Å². The molecule has 0 aromatic heterocycles. The Balaban J connectivity index is 2.13. The van der Waals surface area contributed by atoms with Gasteiger partial charge in [-0.25, -0.2) is 0 Å². The summed E-state index contributed by atoms with van der Waals surface area (Å²) < 4.78 is 5.41. The highest BCUT2D eigenvalue weighted by Crippen LogP contribution is 2.36. The van der Waals surface area contributed by atoms with Gasteiger partial charge in [0.05, 0.1) is 5.60 Å². The van der Waals surface area contributed by atoms with Crippen molar-refractivity contribution in [3.8, 4) is 0 Å². The fraction of sp³-hybridized carbons (Fsp3) is 0.867. The molecule has 2 amide bonds. The number of carbonyl (C=O) groups is 2. The minimum Gasteiger partial charge on any atom is -0.379 e. The van der Waals surface area contributed by atoms with E-state index in [4.69, 9.17) is 4.74 Å². The highest BCUT2D eigenvalue weighted by Gasteiger charge is 2.50. The van der Waals surface area contributed by atoms with Gasteiger partial charge >= 0.3 is 0 Å². The van der Waals surface area contributed by atoms with Crippen molar-refractivity contribution < 1.29 is 14.3 Å². The van der Waals surface area contributed by atoms with Crippen LogP contribution in [0, 0.1) is 5.92 Å². The van der Waals surface area contributed by atoms with Gasteiger partial charge in [0.2, 0.25) is 11.8 Å². The summed E-state index contributed by atoms with van der Waals surface area (Å²) in [5.41, 5.74) is -1.08. The fourth-order valence-electron chi connectivity index (χ4n) is 2.57. The molecule has 2 aliphatic rings. The lowest BCUT2D eigenvalue weighted by molar-refractivity contribution is -0.156. The molecule has 5 heteroatoms. The van der Waals surface area contributed by atoms with Crippen LogP contribution in [0.5, 0.6) is 0 Å². The van der Waals surface area contributed by atoms with Crippen molar-refractivity contribution in [2.24, 2.45) is 5.92 Å². The molecule has 0 radical (unpaired) electrons. The molecular formula is C15H26N2O3. The summed E-state index contributed by atoms with van der Waals surface area (Å²) in [5, 5.41) is 2.90. The molecule has 2 fully saturated rings. The first-order valence-electron chi connectivity index (χ1n) is 7.36. The van der Waals surface area contributed by atoms with Gasteiger partial charge in [-0.3, -0.25) is 9.59 Å². The van der Waals surface area contributed by atoms with Crippen molar-refractivity contribution >= 4 is 11.8 Å². The van der Waals surface area contributed by atoms with Gasteiger partial charge in [0.1, 0.15) is 11.6 Å². The van der Waals surface area contributed by atoms with Gasteiger partial charge in [0.25, 0.3) is 0 Å². The van der Waals surface area contributed by atoms with E-state index < -0.39 is 5.54 Å². The molecule has 114 valence electrons. The van der Waals surface area contributed by atoms with E-state index in [1.165, 1.54) is 0 Å². The van der Waals surface area contributed by atoms with Crippen LogP contribution in [0.15, 0.2) is 0 Å². The number of hydrogen-bond donors (Lipinski definition) is 1. The van der Waals surface area contributed by atoms with Gasteiger partial charge in [-0.05, 0) is 52.9 Å². The zero-order valence-corrected chi connectivity index (χ0v) is 13.2. The normalized spacial score (nSPS) is 26.6. The number of methoxy groups -OCH3 is 1. The van der Waals surface area contributed by atoms with Gasteiger partial charge in [0.15, 0.2) is 0 Å². The summed E-state index contributed by atoms with van der Waals surface area (Å²) in [5.74, 6) is 0.341. The summed E-state index contributed by atoms with van der Waals surface area (Å²) in [6.07, 6.45) is 2.78. The molecule has 1 atom stereocenters. The highest BCUT2D eigenvalue weighted by atomic mass is 16.5. The average Bonchev–Trinajstić information content (AvgIpc) is 3.17. The number of ether oxygens (including phenoxy) is 1. The summed E-state index contributed by atoms with van der Waals surface area (Å²) >= 11 is 0. The lowest BCUT2D eigenvalue weighted by atomic mass is 9.92. The Bertz CT molecular complexity index is 413. The molecule has 1 N–H and O–H groups in total. The van der Waals surface area contributed by atoms with Crippen LogP contribution >= 0.6 is 0 Å². The molecule has 1 unspecified atom stereocenters. The van der Waals surface area contributed by atoms with E-state index in [-0.39, 0.29) is 23.5 Å². The third kappa shape index (κ3) is 2.82. The molecule has 1 aliphatic heterocycles. The van der Waals surface area contributed by atoms with E-state index in [1.807, 2.05) is 27.7 Å². The Labute approximate surface area is 121 Å². The summed E-state index contributed by atoms with van der Waals surface area (Å²) in [6.45, 7) is 8.15. The van der Waals surface area contributed by atoms with Crippen LogP contribution in [0.4, 0.5) is 0 Å². The zero-order valence-electron chi connectivity index (χ0n) is 13.2. The minimum absolute atomic E-state index is 0.0516. The number of amides is 2. The van der Waals surface area contributed by atoms with Crippen molar-refractivity contribution in [2.75, 3.05) is 13.7 Å². The van der Waals surface area contributed by atoms with Gasteiger partial charge in [-0.1, -0.05) is 0 Å². The van der Waals surface area contributed by atoms with Crippen molar-refractivity contribution in [1.82, 2.24) is 10.2 Å². The van der Waals surface area contributed by atoms with E-state index in [1.54, 1.807) is 12.0 Å².